The molecule has 5 nitrogen and oxygen atoms in total. The predicted octanol–water partition coefficient (Wildman–Crippen LogP) is 4.87. The molecule has 0 saturated heterocycles. The number of benzene rings is 1. The molecule has 0 fully saturated rings. The van der Waals surface area contributed by atoms with E-state index in [4.69, 9.17) is 9.47 Å². The number of carbonyl (C=O) groups is 1. The van der Waals surface area contributed by atoms with Crippen molar-refractivity contribution >= 4 is 5.97 Å². The number of nitrogens with one attached hydrogen (secondary N) is 1. The minimum Gasteiger partial charge on any atom is -0.491 e. The van der Waals surface area contributed by atoms with Crippen molar-refractivity contribution in [3.05, 3.63) is 22.8 Å². The fraction of sp³-hybridized carbons (Fsp3) is 0.708. The minimum atomic E-state index is -0.577. The van der Waals surface area contributed by atoms with E-state index in [9.17, 15) is 9.90 Å². The van der Waals surface area contributed by atoms with Crippen LogP contribution in [0.1, 0.15) is 82.9 Å². The molecule has 0 heterocycles. The van der Waals surface area contributed by atoms with Crippen molar-refractivity contribution < 1.29 is 19.4 Å². The Hall–Kier alpha value is -1.59. The molecule has 0 unspecified atom stereocenters. The molecule has 2 N–H and O–H groups in total. The first-order valence-electron chi connectivity index (χ1n) is 11.1. The molecule has 0 aliphatic carbocycles. The molecule has 1 aromatic rings. The number of rotatable bonds is 14. The molecule has 0 aliphatic heterocycles. The van der Waals surface area contributed by atoms with Gasteiger partial charge in [-0.05, 0) is 43.9 Å². The Balaban J connectivity index is 2.87. The van der Waals surface area contributed by atoms with Gasteiger partial charge in [-0.25, -0.2) is 0 Å². The topological polar surface area (TPSA) is 67.8 Å². The Labute approximate surface area is 177 Å². The van der Waals surface area contributed by atoms with Crippen molar-refractivity contribution in [3.63, 3.8) is 0 Å². The average Bonchev–Trinajstić information content (AvgIpc) is 2.65. The van der Waals surface area contributed by atoms with Gasteiger partial charge in [0.15, 0.2) is 0 Å². The third kappa shape index (κ3) is 9.64. The molecular weight excluding hydrogens is 366 g/mol. The second kappa shape index (κ2) is 13.6. The van der Waals surface area contributed by atoms with Crippen molar-refractivity contribution in [2.75, 3.05) is 13.2 Å². The van der Waals surface area contributed by atoms with Gasteiger partial charge in [0.1, 0.15) is 24.2 Å². The fourth-order valence-electron chi connectivity index (χ4n) is 3.36. The SMILES string of the molecule is CCCCCCCCc1c(C)c(OC[C@@H](O)CNC(C)C)cc(C)c1OC(C)=O. The zero-order valence-corrected chi connectivity index (χ0v) is 19.3. The van der Waals surface area contributed by atoms with Crippen LogP contribution in [0.5, 0.6) is 11.5 Å². The van der Waals surface area contributed by atoms with Gasteiger partial charge >= 0.3 is 5.97 Å². The lowest BCUT2D eigenvalue weighted by atomic mass is 9.96. The van der Waals surface area contributed by atoms with Gasteiger partial charge < -0.3 is 19.9 Å². The molecule has 29 heavy (non-hydrogen) atoms. The van der Waals surface area contributed by atoms with Crippen LogP contribution in [0.3, 0.4) is 0 Å². The number of ether oxygens (including phenoxy) is 2. The van der Waals surface area contributed by atoms with Crippen molar-refractivity contribution in [1.29, 1.82) is 0 Å². The van der Waals surface area contributed by atoms with E-state index < -0.39 is 6.10 Å². The van der Waals surface area contributed by atoms with Crippen LogP contribution in [0.4, 0.5) is 0 Å². The molecule has 1 rings (SSSR count). The number of esters is 1. The number of carbonyl (C=O) groups excluding carboxylic acids is 1. The van der Waals surface area contributed by atoms with Crippen LogP contribution in [-0.4, -0.2) is 36.4 Å². The van der Waals surface area contributed by atoms with E-state index in [0.717, 1.165) is 35.3 Å². The smallest absolute Gasteiger partial charge is 0.308 e. The number of unbranched alkanes of at least 4 members (excludes halogenated alkanes) is 5. The Morgan fingerprint density at radius 2 is 1.79 bits per heavy atom. The number of aryl methyl sites for hydroxylation is 1. The zero-order chi connectivity index (χ0) is 21.8. The molecule has 0 radical (unpaired) electrons. The van der Waals surface area contributed by atoms with Crippen LogP contribution in [0.25, 0.3) is 0 Å². The lowest BCUT2D eigenvalue weighted by molar-refractivity contribution is -0.132. The number of hydrogen-bond donors (Lipinski definition) is 2. The summed E-state index contributed by atoms with van der Waals surface area (Å²) in [6.45, 7) is 12.4. The molecule has 0 aromatic heterocycles. The quantitative estimate of drug-likeness (QED) is 0.262. The van der Waals surface area contributed by atoms with Gasteiger partial charge in [0.05, 0.1) is 0 Å². The van der Waals surface area contributed by atoms with E-state index in [1.807, 2.05) is 33.8 Å². The molecular formula is C24H41NO4. The highest BCUT2D eigenvalue weighted by Crippen LogP contribution is 2.35. The summed E-state index contributed by atoms with van der Waals surface area (Å²) in [4.78, 5) is 11.6. The summed E-state index contributed by atoms with van der Waals surface area (Å²) in [7, 11) is 0. The third-order valence-corrected chi connectivity index (χ3v) is 5.02. The van der Waals surface area contributed by atoms with Gasteiger partial charge in [-0.1, -0.05) is 52.9 Å². The Morgan fingerprint density at radius 1 is 1.14 bits per heavy atom. The molecule has 1 aromatic carbocycles. The summed E-state index contributed by atoms with van der Waals surface area (Å²) in [5, 5.41) is 13.4. The lowest BCUT2D eigenvalue weighted by Crippen LogP contribution is -2.35. The highest BCUT2D eigenvalue weighted by Gasteiger charge is 2.18. The first kappa shape index (κ1) is 25.4. The van der Waals surface area contributed by atoms with E-state index >= 15 is 0 Å². The van der Waals surface area contributed by atoms with E-state index in [1.54, 1.807) is 0 Å². The average molecular weight is 408 g/mol. The van der Waals surface area contributed by atoms with Gasteiger partial charge in [-0.2, -0.15) is 0 Å². The molecule has 0 bridgehead atoms. The molecule has 166 valence electrons. The van der Waals surface area contributed by atoms with Crippen LogP contribution in [0, 0.1) is 13.8 Å². The molecule has 0 amide bonds. The Kier molecular flexibility index (Phi) is 11.9. The van der Waals surface area contributed by atoms with Crippen LogP contribution in [-0.2, 0) is 11.2 Å². The third-order valence-electron chi connectivity index (χ3n) is 5.02. The molecule has 5 heteroatoms. The maximum atomic E-state index is 11.6. The number of aliphatic hydroxyl groups excluding tert-OH is 1. The summed E-state index contributed by atoms with van der Waals surface area (Å²) in [6, 6.07) is 2.22. The largest absolute Gasteiger partial charge is 0.491 e. The Morgan fingerprint density at radius 3 is 2.41 bits per heavy atom. The monoisotopic (exact) mass is 407 g/mol. The molecule has 0 saturated carbocycles. The van der Waals surface area contributed by atoms with Crippen molar-refractivity contribution in [1.82, 2.24) is 5.32 Å². The molecule has 0 aliphatic rings. The van der Waals surface area contributed by atoms with Gasteiger partial charge in [-0.3, -0.25) is 4.79 Å². The Bertz CT molecular complexity index is 628. The second-order valence-electron chi connectivity index (χ2n) is 8.26. The van der Waals surface area contributed by atoms with E-state index in [2.05, 4.69) is 12.2 Å². The van der Waals surface area contributed by atoms with Crippen LogP contribution in [0.15, 0.2) is 6.07 Å². The van der Waals surface area contributed by atoms with Crippen molar-refractivity contribution in [3.8, 4) is 11.5 Å². The summed E-state index contributed by atoms with van der Waals surface area (Å²) in [5.41, 5.74) is 2.92. The number of hydrogen-bond acceptors (Lipinski definition) is 5. The standard InChI is InChI=1S/C24H41NO4/c1-7-8-9-10-11-12-13-22-19(5)23(14-18(4)24(22)29-20(6)26)28-16-21(27)15-25-17(2)3/h14,17,21,25,27H,7-13,15-16H2,1-6H3/t21-/m0/s1. The minimum absolute atomic E-state index is 0.226. The van der Waals surface area contributed by atoms with E-state index in [-0.39, 0.29) is 12.6 Å². The maximum Gasteiger partial charge on any atom is 0.308 e. The van der Waals surface area contributed by atoms with Gasteiger partial charge in [0.25, 0.3) is 0 Å². The predicted molar refractivity (Wildman–Crippen MR) is 119 cm³/mol. The van der Waals surface area contributed by atoms with Crippen LogP contribution < -0.4 is 14.8 Å². The van der Waals surface area contributed by atoms with Gasteiger partial charge in [-0.15, -0.1) is 0 Å². The lowest BCUT2D eigenvalue weighted by Gasteiger charge is -2.20. The summed E-state index contributed by atoms with van der Waals surface area (Å²) in [6.07, 6.45) is 7.55. The summed E-state index contributed by atoms with van der Waals surface area (Å²) < 4.78 is 11.5. The second-order valence-corrected chi connectivity index (χ2v) is 8.26. The summed E-state index contributed by atoms with van der Waals surface area (Å²) in [5.74, 6) is 1.11. The van der Waals surface area contributed by atoms with Crippen LogP contribution in [0.2, 0.25) is 0 Å². The van der Waals surface area contributed by atoms with E-state index in [0.29, 0.717) is 18.3 Å². The normalized spacial score (nSPS) is 12.3. The number of aliphatic hydroxyl groups is 1. The molecule has 1 atom stereocenters. The molecule has 0 spiro atoms. The maximum absolute atomic E-state index is 11.6. The van der Waals surface area contributed by atoms with E-state index in [1.165, 1.54) is 39.0 Å². The van der Waals surface area contributed by atoms with Crippen molar-refractivity contribution in [2.45, 2.75) is 98.6 Å². The highest BCUT2D eigenvalue weighted by molar-refractivity contribution is 5.71. The van der Waals surface area contributed by atoms with Gasteiger partial charge in [0.2, 0.25) is 0 Å². The van der Waals surface area contributed by atoms with Crippen LogP contribution >= 0.6 is 0 Å². The van der Waals surface area contributed by atoms with Crippen molar-refractivity contribution in [2.24, 2.45) is 0 Å². The first-order valence-corrected chi connectivity index (χ1v) is 11.1. The summed E-state index contributed by atoms with van der Waals surface area (Å²) >= 11 is 0. The highest BCUT2D eigenvalue weighted by atomic mass is 16.5. The zero-order valence-electron chi connectivity index (χ0n) is 19.3. The first-order chi connectivity index (χ1) is 13.8. The fourth-order valence-corrected chi connectivity index (χ4v) is 3.36. The van der Waals surface area contributed by atoms with Gasteiger partial charge in [0, 0.05) is 25.1 Å².